The summed E-state index contributed by atoms with van der Waals surface area (Å²) in [6.45, 7) is 7.60. The van der Waals surface area contributed by atoms with Crippen molar-refractivity contribution in [3.05, 3.63) is 81.0 Å². The third-order valence-electron chi connectivity index (χ3n) is 9.59. The minimum atomic E-state index is -0.0942. The summed E-state index contributed by atoms with van der Waals surface area (Å²) >= 11 is 14.6. The molecule has 2 aromatic heterocycles. The summed E-state index contributed by atoms with van der Waals surface area (Å²) in [4.78, 5) is 16.0. The summed E-state index contributed by atoms with van der Waals surface area (Å²) in [6, 6.07) is 16.3. The zero-order chi connectivity index (χ0) is 27.1. The number of carbonyl (C=O) groups excluding carboxylic acids is 1. The van der Waals surface area contributed by atoms with Crippen molar-refractivity contribution in [3.8, 4) is 26.7 Å². The number of aromatic nitrogens is 2. The lowest BCUT2D eigenvalue weighted by atomic mass is 9.45. The molecule has 2 heterocycles. The Morgan fingerprint density at radius 3 is 2.64 bits per heavy atom. The Balaban J connectivity index is 1.24. The lowest BCUT2D eigenvalue weighted by molar-refractivity contribution is -0.103. The topological polar surface area (TPSA) is 46.9 Å². The fourth-order valence-corrected chi connectivity index (χ4v) is 8.92. The second kappa shape index (κ2) is 9.22. The quantitative estimate of drug-likeness (QED) is 0.228. The van der Waals surface area contributed by atoms with Gasteiger partial charge in [0.2, 0.25) is 0 Å². The average Bonchev–Trinajstić information content (AvgIpc) is 3.58. The first-order valence-electron chi connectivity index (χ1n) is 13.8. The van der Waals surface area contributed by atoms with E-state index < -0.39 is 0 Å². The van der Waals surface area contributed by atoms with Crippen LogP contribution in [0.5, 0.6) is 0 Å². The van der Waals surface area contributed by atoms with Gasteiger partial charge >= 0.3 is 0 Å². The van der Waals surface area contributed by atoms with Crippen molar-refractivity contribution in [2.24, 2.45) is 23.2 Å². The molecule has 0 spiro atoms. The zero-order valence-electron chi connectivity index (χ0n) is 22.4. The van der Waals surface area contributed by atoms with Crippen molar-refractivity contribution in [1.29, 1.82) is 0 Å². The Hall–Kier alpha value is -2.60. The van der Waals surface area contributed by atoms with Crippen LogP contribution in [0.4, 0.5) is 0 Å². The monoisotopic (exact) mass is 575 g/mol. The number of hydrogen-bond acceptors (Lipinski definition) is 3. The number of rotatable bonds is 5. The summed E-state index contributed by atoms with van der Waals surface area (Å²) in [5, 5.41) is 9.24. The summed E-state index contributed by atoms with van der Waals surface area (Å²) in [5.74, 6) is 1.98. The van der Waals surface area contributed by atoms with Gasteiger partial charge in [-0.15, -0.1) is 11.3 Å². The number of aryl methyl sites for hydroxylation is 1. The largest absolute Gasteiger partial charge is 0.350 e. The van der Waals surface area contributed by atoms with Crippen LogP contribution in [0, 0.1) is 30.1 Å². The lowest BCUT2D eigenvalue weighted by Gasteiger charge is -2.60. The van der Waals surface area contributed by atoms with Crippen molar-refractivity contribution in [2.45, 2.75) is 46.5 Å². The molecular weight excluding hydrogens is 545 g/mol. The molecule has 3 atom stereocenters. The normalized spacial score (nSPS) is 22.2. The van der Waals surface area contributed by atoms with E-state index in [4.69, 9.17) is 28.3 Å². The molecule has 0 aliphatic heterocycles. The van der Waals surface area contributed by atoms with E-state index in [1.54, 1.807) is 17.4 Å². The molecule has 4 nitrogen and oxygen atoms in total. The number of nitrogens with zero attached hydrogens (tertiary/aromatic N) is 2. The molecule has 2 aromatic carbocycles. The zero-order valence-corrected chi connectivity index (χ0v) is 24.7. The van der Waals surface area contributed by atoms with Crippen LogP contribution in [0.25, 0.3) is 26.7 Å². The first-order chi connectivity index (χ1) is 18.7. The maximum absolute atomic E-state index is 13.7. The summed E-state index contributed by atoms with van der Waals surface area (Å²) in [7, 11) is 0. The number of nitrogens with one attached hydrogen (secondary N) is 1. The molecule has 1 amide bonds. The number of halogens is 2. The van der Waals surface area contributed by atoms with E-state index in [9.17, 15) is 4.79 Å². The molecule has 7 heteroatoms. The molecule has 3 fully saturated rings. The van der Waals surface area contributed by atoms with Crippen LogP contribution in [0.15, 0.2) is 48.5 Å². The average molecular weight is 577 g/mol. The van der Waals surface area contributed by atoms with Gasteiger partial charge in [0.25, 0.3) is 5.91 Å². The highest BCUT2D eigenvalue weighted by Gasteiger charge is 2.54. The molecular formula is C32H31Cl2N3OS. The first-order valence-corrected chi connectivity index (χ1v) is 15.3. The molecule has 0 radical (unpaired) electrons. The van der Waals surface area contributed by atoms with Gasteiger partial charge in [-0.3, -0.25) is 4.79 Å². The maximum atomic E-state index is 13.7. The van der Waals surface area contributed by atoms with Gasteiger partial charge in [-0.1, -0.05) is 66.9 Å². The summed E-state index contributed by atoms with van der Waals surface area (Å²) < 4.78 is 1.85. The van der Waals surface area contributed by atoms with Gasteiger partial charge in [0, 0.05) is 28.4 Å². The third kappa shape index (κ3) is 4.08. The highest BCUT2D eigenvalue weighted by atomic mass is 35.5. The molecule has 4 aliphatic rings. The third-order valence-corrected chi connectivity index (χ3v) is 11.4. The van der Waals surface area contributed by atoms with Crippen LogP contribution in [-0.4, -0.2) is 22.2 Å². The van der Waals surface area contributed by atoms with Crippen molar-refractivity contribution in [2.75, 3.05) is 6.54 Å². The summed E-state index contributed by atoms with van der Waals surface area (Å²) in [5.41, 5.74) is 7.22. The number of benzene rings is 2. The molecule has 0 saturated heterocycles. The van der Waals surface area contributed by atoms with Crippen LogP contribution < -0.4 is 5.32 Å². The molecule has 1 N–H and O–H groups in total. The highest BCUT2D eigenvalue weighted by molar-refractivity contribution is 7.19. The Morgan fingerprint density at radius 2 is 1.92 bits per heavy atom. The number of carbonyl (C=O) groups is 1. The van der Waals surface area contributed by atoms with Crippen molar-refractivity contribution >= 4 is 40.4 Å². The molecule has 3 unspecified atom stereocenters. The van der Waals surface area contributed by atoms with E-state index in [1.165, 1.54) is 40.8 Å². The Labute approximate surface area is 243 Å². The van der Waals surface area contributed by atoms with Gasteiger partial charge in [-0.25, -0.2) is 4.68 Å². The molecule has 2 bridgehead atoms. The van der Waals surface area contributed by atoms with Gasteiger partial charge in [0.1, 0.15) is 0 Å². The predicted molar refractivity (Wildman–Crippen MR) is 160 cm³/mol. The minimum Gasteiger partial charge on any atom is -0.350 e. The second-order valence-electron chi connectivity index (χ2n) is 12.1. The maximum Gasteiger partial charge on any atom is 0.272 e. The molecule has 3 saturated carbocycles. The molecule has 39 heavy (non-hydrogen) atoms. The Morgan fingerprint density at radius 1 is 1.13 bits per heavy atom. The van der Waals surface area contributed by atoms with Crippen LogP contribution in [0.2, 0.25) is 10.0 Å². The van der Waals surface area contributed by atoms with Gasteiger partial charge < -0.3 is 5.32 Å². The Kier molecular flexibility index (Phi) is 6.00. The fourth-order valence-electron chi connectivity index (χ4n) is 7.19. The van der Waals surface area contributed by atoms with Crippen molar-refractivity contribution in [3.63, 3.8) is 0 Å². The molecule has 8 rings (SSSR count). The van der Waals surface area contributed by atoms with Gasteiger partial charge in [-0.05, 0) is 84.7 Å². The van der Waals surface area contributed by atoms with Gasteiger partial charge in [0.15, 0.2) is 5.69 Å². The first kappa shape index (κ1) is 25.4. The van der Waals surface area contributed by atoms with Crippen molar-refractivity contribution in [1.82, 2.24) is 15.1 Å². The molecule has 200 valence electrons. The van der Waals surface area contributed by atoms with E-state index >= 15 is 0 Å². The number of amides is 1. The number of hydrogen-bond donors (Lipinski definition) is 1. The number of thiophene rings is 1. The van der Waals surface area contributed by atoms with Gasteiger partial charge in [-0.2, -0.15) is 5.10 Å². The standard InChI is InChI=1S/C32H31Cl2N3OS/c1-17-4-6-18(7-5-17)27-13-20-12-23-28(31(38)35-16-19-8-9-21-14-24(19)32(21,2)3)36-37(29(23)30(20)39-27)26-11-10-22(33)15-25(26)34/h4-7,10-11,13,15,19,21,24H,8-9,12,14,16H2,1-3H3,(H,35,38). The van der Waals surface area contributed by atoms with Crippen LogP contribution in [0.1, 0.15) is 60.3 Å². The molecule has 4 aliphatic carbocycles. The van der Waals surface area contributed by atoms with Crippen LogP contribution in [-0.2, 0) is 6.42 Å². The van der Waals surface area contributed by atoms with Crippen LogP contribution in [0.3, 0.4) is 0 Å². The second-order valence-corrected chi connectivity index (χ2v) is 14.0. The van der Waals surface area contributed by atoms with Crippen LogP contribution >= 0.6 is 34.5 Å². The minimum absolute atomic E-state index is 0.0942. The SMILES string of the molecule is Cc1ccc(-c2cc3c(s2)-c2c(c(C(=O)NCC4CCC5CC4C5(C)C)nn2-c2ccc(Cl)cc2Cl)C3)cc1. The van der Waals surface area contributed by atoms with E-state index in [1.807, 2.05) is 16.8 Å². The van der Waals surface area contributed by atoms with E-state index in [0.717, 1.165) is 27.7 Å². The van der Waals surface area contributed by atoms with Gasteiger partial charge in [0.05, 0.1) is 21.3 Å². The fraction of sp³-hybridized carbons (Fsp3) is 0.375. The predicted octanol–water partition coefficient (Wildman–Crippen LogP) is 8.59. The summed E-state index contributed by atoms with van der Waals surface area (Å²) in [6.07, 6.45) is 4.45. The highest BCUT2D eigenvalue weighted by Crippen LogP contribution is 2.61. The molecule has 4 aromatic rings. The van der Waals surface area contributed by atoms with E-state index in [2.05, 4.69) is 56.4 Å². The van der Waals surface area contributed by atoms with Crippen molar-refractivity contribution < 1.29 is 4.79 Å². The Bertz CT molecular complexity index is 1620. The number of fused-ring (bicyclic) bond motifs is 5. The smallest absolute Gasteiger partial charge is 0.272 e. The van der Waals surface area contributed by atoms with E-state index in [-0.39, 0.29) is 5.91 Å². The van der Waals surface area contributed by atoms with E-state index in [0.29, 0.717) is 46.0 Å². The lowest BCUT2D eigenvalue weighted by Crippen LogP contribution is -2.54.